The van der Waals surface area contributed by atoms with Gasteiger partial charge in [0, 0.05) is 17.7 Å². The van der Waals surface area contributed by atoms with Gasteiger partial charge in [0.2, 0.25) is 0 Å². The van der Waals surface area contributed by atoms with E-state index in [0.717, 1.165) is 0 Å². The second-order valence-corrected chi connectivity index (χ2v) is 3.34. The Labute approximate surface area is 97.4 Å². The first kappa shape index (κ1) is 12.3. The lowest BCUT2D eigenvalue weighted by Gasteiger charge is -2.10. The average Bonchev–Trinajstić information content (AvgIpc) is 2.29. The van der Waals surface area contributed by atoms with Crippen LogP contribution >= 0.6 is 11.6 Å². The van der Waals surface area contributed by atoms with Crippen molar-refractivity contribution < 1.29 is 9.66 Å². The number of nitrogens with zero attached hydrogens (tertiary/aromatic N) is 2. The summed E-state index contributed by atoms with van der Waals surface area (Å²) >= 11 is 5.65. The molecule has 0 N–H and O–H groups in total. The van der Waals surface area contributed by atoms with Crippen molar-refractivity contribution in [2.24, 2.45) is 0 Å². The third kappa shape index (κ3) is 2.84. The molecule has 0 saturated heterocycles. The molecule has 1 rings (SSSR count). The molecule has 6 heteroatoms. The second kappa shape index (κ2) is 5.33. The maximum Gasteiger partial charge on any atom is 0.270 e. The van der Waals surface area contributed by atoms with E-state index in [-0.39, 0.29) is 11.6 Å². The molecule has 16 heavy (non-hydrogen) atoms. The van der Waals surface area contributed by atoms with Crippen LogP contribution in [-0.2, 0) is 5.88 Å². The van der Waals surface area contributed by atoms with Crippen LogP contribution in [0.5, 0.6) is 5.75 Å². The SMILES string of the molecule is CC(C#N)Oc1ccc([N+](=O)[O-])cc1CCl. The van der Waals surface area contributed by atoms with Crippen LogP contribution in [-0.4, -0.2) is 11.0 Å². The lowest BCUT2D eigenvalue weighted by Crippen LogP contribution is -2.09. The number of hydrogen-bond donors (Lipinski definition) is 0. The molecule has 0 bridgehead atoms. The quantitative estimate of drug-likeness (QED) is 0.460. The van der Waals surface area contributed by atoms with E-state index in [9.17, 15) is 10.1 Å². The maximum atomic E-state index is 10.5. The Morgan fingerprint density at radius 2 is 2.38 bits per heavy atom. The largest absolute Gasteiger partial charge is 0.476 e. The summed E-state index contributed by atoms with van der Waals surface area (Å²) in [6.45, 7) is 1.58. The highest BCUT2D eigenvalue weighted by atomic mass is 35.5. The first-order chi connectivity index (χ1) is 7.58. The number of rotatable bonds is 4. The van der Waals surface area contributed by atoms with Gasteiger partial charge in [0.15, 0.2) is 6.10 Å². The van der Waals surface area contributed by atoms with Crippen molar-refractivity contribution in [3.05, 3.63) is 33.9 Å². The van der Waals surface area contributed by atoms with Crippen LogP contribution in [0.25, 0.3) is 0 Å². The Balaban J connectivity index is 3.03. The van der Waals surface area contributed by atoms with E-state index in [1.54, 1.807) is 6.92 Å². The highest BCUT2D eigenvalue weighted by Crippen LogP contribution is 2.26. The lowest BCUT2D eigenvalue weighted by atomic mass is 10.2. The van der Waals surface area contributed by atoms with E-state index in [2.05, 4.69) is 0 Å². The molecule has 0 saturated carbocycles. The molecule has 0 aliphatic carbocycles. The minimum atomic E-state index is -0.622. The molecule has 1 aromatic carbocycles. The van der Waals surface area contributed by atoms with Crippen molar-refractivity contribution in [2.45, 2.75) is 18.9 Å². The zero-order valence-corrected chi connectivity index (χ0v) is 9.27. The molecule has 0 heterocycles. The minimum absolute atomic E-state index is 0.0485. The number of alkyl halides is 1. The molecule has 0 aliphatic rings. The van der Waals surface area contributed by atoms with Gasteiger partial charge in [-0.25, -0.2) is 0 Å². The summed E-state index contributed by atoms with van der Waals surface area (Å²) in [4.78, 5) is 10.0. The summed E-state index contributed by atoms with van der Waals surface area (Å²) in [5, 5.41) is 19.1. The molecule has 0 aliphatic heterocycles. The first-order valence-electron chi connectivity index (χ1n) is 4.48. The van der Waals surface area contributed by atoms with E-state index in [1.807, 2.05) is 6.07 Å². The van der Waals surface area contributed by atoms with Crippen LogP contribution in [0, 0.1) is 21.4 Å². The number of non-ortho nitro benzene ring substituents is 1. The summed E-state index contributed by atoms with van der Waals surface area (Å²) in [6, 6.07) is 6.01. The summed E-state index contributed by atoms with van der Waals surface area (Å²) in [6.07, 6.45) is -0.622. The molecule has 0 amide bonds. The van der Waals surface area contributed by atoms with Crippen molar-refractivity contribution in [1.29, 1.82) is 5.26 Å². The second-order valence-electron chi connectivity index (χ2n) is 3.07. The highest BCUT2D eigenvalue weighted by Gasteiger charge is 2.12. The van der Waals surface area contributed by atoms with Crippen LogP contribution in [0.3, 0.4) is 0 Å². The maximum absolute atomic E-state index is 10.5. The summed E-state index contributed by atoms with van der Waals surface area (Å²) in [5.74, 6) is 0.490. The Hall–Kier alpha value is -1.80. The summed E-state index contributed by atoms with van der Waals surface area (Å²) < 4.78 is 5.25. The van der Waals surface area contributed by atoms with Crippen LogP contribution in [0.4, 0.5) is 5.69 Å². The third-order valence-electron chi connectivity index (χ3n) is 1.88. The Bertz CT molecular complexity index is 442. The number of hydrogen-bond acceptors (Lipinski definition) is 4. The van der Waals surface area contributed by atoms with Gasteiger partial charge in [-0.05, 0) is 13.0 Å². The minimum Gasteiger partial charge on any atom is -0.476 e. The molecule has 0 spiro atoms. The Morgan fingerprint density at radius 1 is 1.69 bits per heavy atom. The smallest absolute Gasteiger partial charge is 0.270 e. The highest BCUT2D eigenvalue weighted by molar-refractivity contribution is 6.17. The lowest BCUT2D eigenvalue weighted by molar-refractivity contribution is -0.384. The van der Waals surface area contributed by atoms with Gasteiger partial charge in [-0.3, -0.25) is 10.1 Å². The number of ether oxygens (including phenoxy) is 1. The monoisotopic (exact) mass is 240 g/mol. The number of halogens is 1. The molecule has 0 radical (unpaired) electrons. The Morgan fingerprint density at radius 3 is 2.88 bits per heavy atom. The predicted molar refractivity (Wildman–Crippen MR) is 58.4 cm³/mol. The molecule has 1 aromatic rings. The fourth-order valence-corrected chi connectivity index (χ4v) is 1.32. The number of nitriles is 1. The van der Waals surface area contributed by atoms with Crippen LogP contribution < -0.4 is 4.74 Å². The molecule has 0 fully saturated rings. The van der Waals surface area contributed by atoms with Gasteiger partial charge in [0.05, 0.1) is 10.8 Å². The van der Waals surface area contributed by atoms with E-state index >= 15 is 0 Å². The van der Waals surface area contributed by atoms with Crippen LogP contribution in [0.1, 0.15) is 12.5 Å². The fraction of sp³-hybridized carbons (Fsp3) is 0.300. The standard InChI is InChI=1S/C10H9ClN2O3/c1-7(6-12)16-10-3-2-9(13(14)15)4-8(10)5-11/h2-4,7H,5H2,1H3. The van der Waals surface area contributed by atoms with Crippen molar-refractivity contribution in [3.63, 3.8) is 0 Å². The van der Waals surface area contributed by atoms with Crippen molar-refractivity contribution in [1.82, 2.24) is 0 Å². The van der Waals surface area contributed by atoms with Gasteiger partial charge in [0.1, 0.15) is 11.8 Å². The van der Waals surface area contributed by atoms with E-state index in [0.29, 0.717) is 11.3 Å². The zero-order chi connectivity index (χ0) is 12.1. The summed E-state index contributed by atoms with van der Waals surface area (Å²) in [7, 11) is 0. The first-order valence-corrected chi connectivity index (χ1v) is 5.01. The molecule has 1 unspecified atom stereocenters. The van der Waals surface area contributed by atoms with Crippen molar-refractivity contribution in [3.8, 4) is 11.8 Å². The number of nitro groups is 1. The molecular formula is C10H9ClN2O3. The van der Waals surface area contributed by atoms with Gasteiger partial charge in [0.25, 0.3) is 5.69 Å². The molecular weight excluding hydrogens is 232 g/mol. The van der Waals surface area contributed by atoms with Crippen molar-refractivity contribution >= 4 is 17.3 Å². The fourth-order valence-electron chi connectivity index (χ4n) is 1.12. The molecule has 0 aromatic heterocycles. The summed E-state index contributed by atoms with van der Waals surface area (Å²) in [5.41, 5.74) is 0.450. The van der Waals surface area contributed by atoms with Gasteiger partial charge in [-0.2, -0.15) is 5.26 Å². The van der Waals surface area contributed by atoms with E-state index in [4.69, 9.17) is 21.6 Å². The molecule has 1 atom stereocenters. The number of nitro benzene ring substituents is 1. The van der Waals surface area contributed by atoms with Crippen LogP contribution in [0.15, 0.2) is 18.2 Å². The van der Waals surface area contributed by atoms with E-state index < -0.39 is 11.0 Å². The van der Waals surface area contributed by atoms with E-state index in [1.165, 1.54) is 18.2 Å². The topological polar surface area (TPSA) is 76.2 Å². The average molecular weight is 241 g/mol. The molecule has 5 nitrogen and oxygen atoms in total. The zero-order valence-electron chi connectivity index (χ0n) is 8.51. The predicted octanol–water partition coefficient (Wildman–Crippen LogP) is 2.62. The third-order valence-corrected chi connectivity index (χ3v) is 2.17. The van der Waals surface area contributed by atoms with Gasteiger partial charge in [-0.15, -0.1) is 11.6 Å². The molecule has 84 valence electrons. The van der Waals surface area contributed by atoms with Crippen molar-refractivity contribution in [2.75, 3.05) is 0 Å². The van der Waals surface area contributed by atoms with Gasteiger partial charge < -0.3 is 4.74 Å². The normalized spacial score (nSPS) is 11.6. The van der Waals surface area contributed by atoms with Crippen LogP contribution in [0.2, 0.25) is 0 Å². The van der Waals surface area contributed by atoms with Gasteiger partial charge in [-0.1, -0.05) is 0 Å². The van der Waals surface area contributed by atoms with Gasteiger partial charge >= 0.3 is 0 Å². The number of benzene rings is 1. The Kier molecular flexibility index (Phi) is 4.09.